The van der Waals surface area contributed by atoms with Crippen LogP contribution < -0.4 is 19.5 Å². The van der Waals surface area contributed by atoms with Crippen LogP contribution in [-0.2, 0) is 4.79 Å². The second-order valence-corrected chi connectivity index (χ2v) is 5.89. The molecule has 0 bridgehead atoms. The molecule has 0 aromatic heterocycles. The Labute approximate surface area is 155 Å². The summed E-state index contributed by atoms with van der Waals surface area (Å²) in [7, 11) is 0. The first-order valence-corrected chi connectivity index (χ1v) is 8.57. The third-order valence-electron chi connectivity index (χ3n) is 3.75. The number of halogens is 2. The molecule has 0 saturated carbocycles. The molecule has 1 heterocycles. The number of hydrogen-bond acceptors (Lipinski definition) is 4. The zero-order valence-electron chi connectivity index (χ0n) is 14.7. The van der Waals surface area contributed by atoms with Crippen molar-refractivity contribution >= 4 is 17.7 Å². The number of ether oxygens (including phenoxy) is 3. The number of amides is 1. The Bertz CT molecular complexity index is 852. The van der Waals surface area contributed by atoms with Crippen LogP contribution in [0.5, 0.6) is 17.2 Å². The van der Waals surface area contributed by atoms with Gasteiger partial charge in [-0.15, -0.1) is 8.78 Å². The van der Waals surface area contributed by atoms with Gasteiger partial charge in [0.2, 0.25) is 5.91 Å². The van der Waals surface area contributed by atoms with Crippen molar-refractivity contribution in [2.24, 2.45) is 0 Å². The fourth-order valence-corrected chi connectivity index (χ4v) is 2.44. The number of nitrogens with one attached hydrogen (secondary N) is 1. The van der Waals surface area contributed by atoms with E-state index in [9.17, 15) is 13.6 Å². The minimum Gasteiger partial charge on any atom is -0.491 e. The average Bonchev–Trinajstić information content (AvgIpc) is 2.94. The number of benzene rings is 2. The Morgan fingerprint density at radius 1 is 1.19 bits per heavy atom. The van der Waals surface area contributed by atoms with Crippen LogP contribution in [-0.4, -0.2) is 18.8 Å². The van der Waals surface area contributed by atoms with E-state index in [0.29, 0.717) is 23.6 Å². The maximum atomic E-state index is 13.0. The molecule has 3 rings (SSSR count). The van der Waals surface area contributed by atoms with E-state index in [1.54, 1.807) is 24.3 Å². The lowest BCUT2D eigenvalue weighted by Gasteiger charge is -2.11. The molecule has 0 atom stereocenters. The van der Waals surface area contributed by atoms with Gasteiger partial charge in [0.15, 0.2) is 11.5 Å². The number of rotatable bonds is 7. The van der Waals surface area contributed by atoms with Crippen molar-refractivity contribution in [2.45, 2.75) is 26.1 Å². The van der Waals surface area contributed by atoms with Crippen molar-refractivity contribution < 1.29 is 27.8 Å². The smallest absolute Gasteiger partial charge is 0.491 e. The topological polar surface area (TPSA) is 56.8 Å². The van der Waals surface area contributed by atoms with Crippen LogP contribution >= 0.6 is 0 Å². The number of carbonyl (C=O) groups excluding carboxylic acids is 1. The molecule has 1 aliphatic heterocycles. The van der Waals surface area contributed by atoms with Crippen molar-refractivity contribution in [3.63, 3.8) is 0 Å². The molecule has 0 unspecified atom stereocenters. The van der Waals surface area contributed by atoms with Crippen LogP contribution in [0.4, 0.5) is 14.5 Å². The lowest BCUT2D eigenvalue weighted by molar-refractivity contribution is -0.286. The number of carbonyl (C=O) groups is 1. The summed E-state index contributed by atoms with van der Waals surface area (Å²) in [5, 5.41) is 2.75. The molecule has 1 N–H and O–H groups in total. The first-order valence-electron chi connectivity index (χ1n) is 8.57. The number of para-hydroxylation sites is 2. The van der Waals surface area contributed by atoms with Crippen LogP contribution in [0, 0.1) is 0 Å². The van der Waals surface area contributed by atoms with Crippen molar-refractivity contribution in [1.29, 1.82) is 0 Å². The normalized spacial score (nSPS) is 14.3. The highest BCUT2D eigenvalue weighted by Gasteiger charge is 2.43. The minimum atomic E-state index is -3.66. The molecule has 0 saturated heterocycles. The Hall–Kier alpha value is -3.09. The van der Waals surface area contributed by atoms with Gasteiger partial charge in [-0.1, -0.05) is 31.5 Å². The van der Waals surface area contributed by atoms with Crippen molar-refractivity contribution in [2.75, 3.05) is 11.9 Å². The molecule has 0 fully saturated rings. The van der Waals surface area contributed by atoms with Crippen LogP contribution in [0.15, 0.2) is 48.5 Å². The fourth-order valence-electron chi connectivity index (χ4n) is 2.44. The van der Waals surface area contributed by atoms with Gasteiger partial charge in [0.25, 0.3) is 0 Å². The average molecular weight is 375 g/mol. The van der Waals surface area contributed by atoms with Crippen LogP contribution in [0.2, 0.25) is 0 Å². The van der Waals surface area contributed by atoms with E-state index in [2.05, 4.69) is 21.7 Å². The van der Waals surface area contributed by atoms with E-state index in [-0.39, 0.29) is 17.4 Å². The van der Waals surface area contributed by atoms with E-state index in [0.717, 1.165) is 12.8 Å². The minimum absolute atomic E-state index is 0.0419. The van der Waals surface area contributed by atoms with Gasteiger partial charge in [0.1, 0.15) is 5.75 Å². The molecule has 27 heavy (non-hydrogen) atoms. The standard InChI is InChI=1S/C20H19F2NO4/c1-2-3-12-25-16-7-5-4-6-15(16)23-19(24)11-9-14-8-10-17-18(13-14)27-20(21,22)26-17/h4-11,13H,2-3,12H2,1H3,(H,23,24)/b11-9+. The van der Waals surface area contributed by atoms with Gasteiger partial charge in [-0.05, 0) is 42.3 Å². The molecule has 1 aliphatic rings. The van der Waals surface area contributed by atoms with E-state index in [4.69, 9.17) is 4.74 Å². The number of anilines is 1. The lowest BCUT2D eigenvalue weighted by Crippen LogP contribution is -2.25. The van der Waals surface area contributed by atoms with Crippen molar-refractivity contribution in [1.82, 2.24) is 0 Å². The van der Waals surface area contributed by atoms with E-state index in [1.807, 2.05) is 6.07 Å². The summed E-state index contributed by atoms with van der Waals surface area (Å²) < 4.78 is 40.5. The summed E-state index contributed by atoms with van der Waals surface area (Å²) in [6.07, 6.45) is 1.07. The third-order valence-corrected chi connectivity index (χ3v) is 3.75. The summed E-state index contributed by atoms with van der Waals surface area (Å²) in [5.74, 6) is 0.111. The monoisotopic (exact) mass is 375 g/mol. The van der Waals surface area contributed by atoms with E-state index >= 15 is 0 Å². The molecule has 0 radical (unpaired) electrons. The summed E-state index contributed by atoms with van der Waals surface area (Å²) in [6.45, 7) is 2.64. The van der Waals surface area contributed by atoms with Gasteiger partial charge in [0, 0.05) is 6.08 Å². The molecule has 142 valence electrons. The molecule has 2 aromatic carbocycles. The molecule has 0 aliphatic carbocycles. The Balaban J connectivity index is 1.63. The molecule has 1 amide bonds. The van der Waals surface area contributed by atoms with E-state index in [1.165, 1.54) is 24.3 Å². The Morgan fingerprint density at radius 2 is 1.96 bits per heavy atom. The predicted molar refractivity (Wildman–Crippen MR) is 97.2 cm³/mol. The van der Waals surface area contributed by atoms with E-state index < -0.39 is 6.29 Å². The predicted octanol–water partition coefficient (Wildman–Crippen LogP) is 4.84. The lowest BCUT2D eigenvalue weighted by atomic mass is 10.2. The van der Waals surface area contributed by atoms with Gasteiger partial charge >= 0.3 is 6.29 Å². The highest BCUT2D eigenvalue weighted by atomic mass is 19.3. The summed E-state index contributed by atoms with van der Waals surface area (Å²) in [4.78, 5) is 12.2. The van der Waals surface area contributed by atoms with Gasteiger partial charge in [-0.3, -0.25) is 4.79 Å². The quantitative estimate of drug-likeness (QED) is 0.556. The maximum Gasteiger partial charge on any atom is 0.586 e. The number of hydrogen-bond donors (Lipinski definition) is 1. The maximum absolute atomic E-state index is 13.0. The van der Waals surface area contributed by atoms with Crippen LogP contribution in [0.1, 0.15) is 25.3 Å². The largest absolute Gasteiger partial charge is 0.586 e. The van der Waals surface area contributed by atoms with Gasteiger partial charge in [0.05, 0.1) is 12.3 Å². The second kappa shape index (κ2) is 8.07. The highest BCUT2D eigenvalue weighted by molar-refractivity contribution is 6.02. The molecule has 2 aromatic rings. The number of unbranched alkanes of at least 4 members (excludes halogenated alkanes) is 1. The van der Waals surface area contributed by atoms with Gasteiger partial charge in [-0.2, -0.15) is 0 Å². The molecule has 0 spiro atoms. The van der Waals surface area contributed by atoms with Crippen LogP contribution in [0.25, 0.3) is 6.08 Å². The van der Waals surface area contributed by atoms with Gasteiger partial charge < -0.3 is 19.5 Å². The third kappa shape index (κ3) is 4.97. The number of fused-ring (bicyclic) bond motifs is 1. The SMILES string of the molecule is CCCCOc1ccccc1NC(=O)/C=C/c1ccc2c(c1)OC(F)(F)O2. The second-order valence-electron chi connectivity index (χ2n) is 5.89. The Kier molecular flexibility index (Phi) is 5.59. The first-order chi connectivity index (χ1) is 13.0. The summed E-state index contributed by atoms with van der Waals surface area (Å²) >= 11 is 0. The molecular weight excluding hydrogens is 356 g/mol. The molecule has 5 nitrogen and oxygen atoms in total. The zero-order chi connectivity index (χ0) is 19.3. The van der Waals surface area contributed by atoms with Gasteiger partial charge in [-0.25, -0.2) is 0 Å². The van der Waals surface area contributed by atoms with Crippen molar-refractivity contribution in [3.05, 3.63) is 54.1 Å². The summed E-state index contributed by atoms with van der Waals surface area (Å²) in [5.41, 5.74) is 1.09. The molecular formula is C20H19F2NO4. The number of alkyl halides is 2. The fraction of sp³-hybridized carbons (Fsp3) is 0.250. The van der Waals surface area contributed by atoms with Crippen LogP contribution in [0.3, 0.4) is 0 Å². The highest BCUT2D eigenvalue weighted by Crippen LogP contribution is 2.41. The Morgan fingerprint density at radius 3 is 2.78 bits per heavy atom. The summed E-state index contributed by atoms with van der Waals surface area (Å²) in [6, 6.07) is 11.4. The molecule has 7 heteroatoms. The first kappa shape index (κ1) is 18.7. The van der Waals surface area contributed by atoms with Crippen molar-refractivity contribution in [3.8, 4) is 17.2 Å². The zero-order valence-corrected chi connectivity index (χ0v) is 14.7.